The molecule has 0 aliphatic rings. The van der Waals surface area contributed by atoms with Crippen LogP contribution < -0.4 is 5.32 Å². The van der Waals surface area contributed by atoms with Gasteiger partial charge in [-0.15, -0.1) is 0 Å². The Balaban J connectivity index is 2.69. The van der Waals surface area contributed by atoms with E-state index in [9.17, 15) is 8.78 Å². The van der Waals surface area contributed by atoms with Gasteiger partial charge in [0.25, 0.3) is 5.92 Å². The van der Waals surface area contributed by atoms with Crippen molar-refractivity contribution >= 4 is 0 Å². The molecule has 0 saturated carbocycles. The van der Waals surface area contributed by atoms with Crippen molar-refractivity contribution < 1.29 is 8.78 Å². The third-order valence-corrected chi connectivity index (χ3v) is 1.68. The van der Waals surface area contributed by atoms with Gasteiger partial charge in [0.15, 0.2) is 0 Å². The number of nitrogens with one attached hydrogen (secondary N) is 1. The van der Waals surface area contributed by atoms with Gasteiger partial charge < -0.3 is 5.32 Å². The van der Waals surface area contributed by atoms with Crippen molar-refractivity contribution in [2.45, 2.75) is 12.8 Å². The van der Waals surface area contributed by atoms with Crippen LogP contribution in [0, 0.1) is 0 Å². The smallest absolute Gasteiger partial charge is 0.286 e. The summed E-state index contributed by atoms with van der Waals surface area (Å²) in [7, 11) is 0. The Bertz CT molecular complexity index is 249. The fourth-order valence-electron chi connectivity index (χ4n) is 0.963. The number of pyridine rings is 1. The van der Waals surface area contributed by atoms with E-state index in [1.165, 1.54) is 24.5 Å². The number of rotatable bonds is 4. The van der Waals surface area contributed by atoms with E-state index in [1.54, 1.807) is 6.92 Å². The van der Waals surface area contributed by atoms with Gasteiger partial charge in [-0.3, -0.25) is 4.98 Å². The molecule has 0 saturated heterocycles. The lowest BCUT2D eigenvalue weighted by Gasteiger charge is -2.15. The van der Waals surface area contributed by atoms with Crippen LogP contribution in [0.2, 0.25) is 0 Å². The van der Waals surface area contributed by atoms with Gasteiger partial charge in [0.05, 0.1) is 6.54 Å². The molecule has 1 heterocycles. The average Bonchev–Trinajstić information content (AvgIpc) is 2.16. The third-order valence-electron chi connectivity index (χ3n) is 1.68. The molecule has 1 aromatic heterocycles. The van der Waals surface area contributed by atoms with Gasteiger partial charge in [-0.25, -0.2) is 0 Å². The Morgan fingerprint density at radius 2 is 2.31 bits per heavy atom. The predicted octanol–water partition coefficient (Wildman–Crippen LogP) is 1.78. The zero-order valence-corrected chi connectivity index (χ0v) is 7.43. The molecule has 1 aromatic rings. The summed E-state index contributed by atoms with van der Waals surface area (Å²) in [4.78, 5) is 3.65. The molecule has 0 bridgehead atoms. The van der Waals surface area contributed by atoms with E-state index in [-0.39, 0.29) is 12.1 Å². The summed E-state index contributed by atoms with van der Waals surface area (Å²) >= 11 is 0. The predicted molar refractivity (Wildman–Crippen MR) is 46.7 cm³/mol. The van der Waals surface area contributed by atoms with Crippen molar-refractivity contribution in [2.75, 3.05) is 13.1 Å². The Hall–Kier alpha value is -1.03. The molecule has 4 heteroatoms. The molecule has 0 aliphatic heterocycles. The minimum absolute atomic E-state index is 0.0454. The number of aromatic nitrogens is 1. The van der Waals surface area contributed by atoms with Crippen molar-refractivity contribution in [1.82, 2.24) is 10.3 Å². The molecule has 0 aliphatic carbocycles. The maximum atomic E-state index is 13.2. The number of likely N-dealkylation sites (N-methyl/N-ethyl adjacent to an activating group) is 1. The Morgan fingerprint density at radius 3 is 2.85 bits per heavy atom. The maximum Gasteiger partial charge on any atom is 0.286 e. The normalized spacial score (nSPS) is 11.6. The van der Waals surface area contributed by atoms with Gasteiger partial charge in [0, 0.05) is 18.0 Å². The largest absolute Gasteiger partial charge is 0.311 e. The second kappa shape index (κ2) is 4.28. The molecule has 2 nitrogen and oxygen atoms in total. The second-order valence-corrected chi connectivity index (χ2v) is 2.73. The van der Waals surface area contributed by atoms with Crippen LogP contribution in [0.1, 0.15) is 12.5 Å². The Morgan fingerprint density at radius 1 is 1.54 bits per heavy atom. The Labute approximate surface area is 76.0 Å². The number of nitrogens with zero attached hydrogens (tertiary/aromatic N) is 1. The summed E-state index contributed by atoms with van der Waals surface area (Å²) in [5, 5.41) is 2.61. The molecule has 1 rings (SSSR count). The van der Waals surface area contributed by atoms with Gasteiger partial charge in [0.1, 0.15) is 0 Å². The molecule has 0 fully saturated rings. The highest BCUT2D eigenvalue weighted by Gasteiger charge is 2.30. The summed E-state index contributed by atoms with van der Waals surface area (Å²) < 4.78 is 26.5. The second-order valence-electron chi connectivity index (χ2n) is 2.73. The van der Waals surface area contributed by atoms with Crippen molar-refractivity contribution in [3.05, 3.63) is 30.1 Å². The fraction of sp³-hybridized carbons (Fsp3) is 0.444. The minimum atomic E-state index is -2.83. The fourth-order valence-corrected chi connectivity index (χ4v) is 0.963. The van der Waals surface area contributed by atoms with Crippen LogP contribution in [-0.2, 0) is 5.92 Å². The Kier molecular flexibility index (Phi) is 3.31. The molecule has 0 radical (unpaired) electrons. The van der Waals surface area contributed by atoms with Crippen LogP contribution in [0.25, 0.3) is 0 Å². The first-order chi connectivity index (χ1) is 6.17. The average molecular weight is 186 g/mol. The number of halogens is 2. The van der Waals surface area contributed by atoms with Gasteiger partial charge in [-0.2, -0.15) is 8.78 Å². The molecule has 13 heavy (non-hydrogen) atoms. The summed E-state index contributed by atoms with van der Waals surface area (Å²) in [5.74, 6) is -2.83. The highest BCUT2D eigenvalue weighted by molar-refractivity contribution is 5.15. The zero-order valence-electron chi connectivity index (χ0n) is 7.43. The van der Waals surface area contributed by atoms with Gasteiger partial charge in [-0.05, 0) is 18.7 Å². The van der Waals surface area contributed by atoms with Crippen LogP contribution in [0.3, 0.4) is 0 Å². The minimum Gasteiger partial charge on any atom is -0.311 e. The first kappa shape index (κ1) is 10.1. The maximum absolute atomic E-state index is 13.2. The highest BCUT2D eigenvalue weighted by Crippen LogP contribution is 2.25. The molecule has 0 spiro atoms. The van der Waals surface area contributed by atoms with E-state index in [2.05, 4.69) is 10.3 Å². The first-order valence-electron chi connectivity index (χ1n) is 4.16. The van der Waals surface area contributed by atoms with Crippen molar-refractivity contribution in [1.29, 1.82) is 0 Å². The van der Waals surface area contributed by atoms with Gasteiger partial charge >= 0.3 is 0 Å². The van der Waals surface area contributed by atoms with E-state index < -0.39 is 5.92 Å². The number of alkyl halides is 2. The van der Waals surface area contributed by atoms with Crippen LogP contribution in [0.5, 0.6) is 0 Å². The lowest BCUT2D eigenvalue weighted by molar-refractivity contribution is -0.00293. The quantitative estimate of drug-likeness (QED) is 0.775. The topological polar surface area (TPSA) is 24.9 Å². The zero-order chi connectivity index (χ0) is 9.73. The van der Waals surface area contributed by atoms with Gasteiger partial charge in [0.2, 0.25) is 0 Å². The molecule has 0 amide bonds. The summed E-state index contributed by atoms with van der Waals surface area (Å²) in [6, 6.07) is 2.89. The molecule has 1 N–H and O–H groups in total. The van der Waals surface area contributed by atoms with E-state index in [0.717, 1.165) is 0 Å². The molecule has 0 unspecified atom stereocenters. The lowest BCUT2D eigenvalue weighted by atomic mass is 10.1. The monoisotopic (exact) mass is 186 g/mol. The summed E-state index contributed by atoms with van der Waals surface area (Å²) in [6.45, 7) is 1.99. The first-order valence-corrected chi connectivity index (χ1v) is 4.16. The molecule has 0 atom stereocenters. The van der Waals surface area contributed by atoms with Crippen LogP contribution >= 0.6 is 0 Å². The van der Waals surface area contributed by atoms with Crippen molar-refractivity contribution in [3.8, 4) is 0 Å². The van der Waals surface area contributed by atoms with E-state index >= 15 is 0 Å². The SMILES string of the molecule is CCNCC(F)(F)c1cccnc1. The van der Waals surface area contributed by atoms with Crippen LogP contribution in [-0.4, -0.2) is 18.1 Å². The van der Waals surface area contributed by atoms with Crippen molar-refractivity contribution in [2.24, 2.45) is 0 Å². The molecular formula is C9H12F2N2. The van der Waals surface area contributed by atoms with E-state index in [4.69, 9.17) is 0 Å². The molecular weight excluding hydrogens is 174 g/mol. The number of hydrogen-bond acceptors (Lipinski definition) is 2. The summed E-state index contributed by atoms with van der Waals surface area (Å²) in [6.07, 6.45) is 2.67. The van der Waals surface area contributed by atoms with Gasteiger partial charge in [-0.1, -0.05) is 6.92 Å². The van der Waals surface area contributed by atoms with Crippen LogP contribution in [0.15, 0.2) is 24.5 Å². The number of hydrogen-bond donors (Lipinski definition) is 1. The van der Waals surface area contributed by atoms with Crippen LogP contribution in [0.4, 0.5) is 8.78 Å². The highest BCUT2D eigenvalue weighted by atomic mass is 19.3. The lowest BCUT2D eigenvalue weighted by Crippen LogP contribution is -2.30. The van der Waals surface area contributed by atoms with E-state index in [0.29, 0.717) is 6.54 Å². The van der Waals surface area contributed by atoms with Crippen molar-refractivity contribution in [3.63, 3.8) is 0 Å². The standard InChI is InChI=1S/C9H12F2N2/c1-2-12-7-9(10,11)8-4-3-5-13-6-8/h3-6,12H,2,7H2,1H3. The molecule has 72 valence electrons. The molecule has 0 aromatic carbocycles. The van der Waals surface area contributed by atoms with E-state index in [1.807, 2.05) is 0 Å². The summed E-state index contributed by atoms with van der Waals surface area (Å²) in [5.41, 5.74) is -0.0454. The third kappa shape index (κ3) is 2.73.